The van der Waals surface area contributed by atoms with Crippen LogP contribution in [-0.4, -0.2) is 15.7 Å². The van der Waals surface area contributed by atoms with Crippen LogP contribution in [0, 0.1) is 5.92 Å². The van der Waals surface area contributed by atoms with Crippen LogP contribution in [0.15, 0.2) is 16.0 Å². The molecule has 0 saturated heterocycles. The number of hydrogen-bond donors (Lipinski definition) is 1. The van der Waals surface area contributed by atoms with E-state index in [-0.39, 0.29) is 5.56 Å². The number of H-pyrrole nitrogens is 1. The molecule has 15 heavy (non-hydrogen) atoms. The van der Waals surface area contributed by atoms with Crippen LogP contribution < -0.4 is 5.56 Å². The number of thioether (sulfide) groups is 1. The number of aromatic nitrogens is 2. The molecule has 0 aromatic carbocycles. The van der Waals surface area contributed by atoms with Gasteiger partial charge in [0.25, 0.3) is 5.56 Å². The minimum atomic E-state index is -0.0419. The van der Waals surface area contributed by atoms with Crippen LogP contribution in [0.3, 0.4) is 0 Å². The smallest absolute Gasteiger partial charge is 0.251 e. The Bertz CT molecular complexity index is 360. The van der Waals surface area contributed by atoms with E-state index in [0.29, 0.717) is 5.92 Å². The van der Waals surface area contributed by atoms with Gasteiger partial charge in [-0.1, -0.05) is 39.0 Å². The second-order valence-electron chi connectivity index (χ2n) is 4.00. The van der Waals surface area contributed by atoms with Crippen LogP contribution in [0.2, 0.25) is 0 Å². The molecule has 1 aromatic heterocycles. The highest BCUT2D eigenvalue weighted by Crippen LogP contribution is 2.15. The standard InChI is InChI=1S/C11H18N2OS/c1-4-5-9-6-10(14)13-11(12-9)15-7-8(2)3/h6,8H,4-5,7H2,1-3H3,(H,12,13,14). The van der Waals surface area contributed by atoms with E-state index >= 15 is 0 Å². The normalized spacial score (nSPS) is 10.9. The molecular formula is C11H18N2OS. The van der Waals surface area contributed by atoms with Crippen molar-refractivity contribution >= 4 is 11.8 Å². The molecule has 0 bridgehead atoms. The molecule has 1 N–H and O–H groups in total. The van der Waals surface area contributed by atoms with Crippen molar-refractivity contribution in [2.75, 3.05) is 5.75 Å². The molecule has 0 saturated carbocycles. The Balaban J connectivity index is 2.75. The van der Waals surface area contributed by atoms with Crippen LogP contribution in [0.25, 0.3) is 0 Å². The highest BCUT2D eigenvalue weighted by atomic mass is 32.2. The second-order valence-corrected chi connectivity index (χ2v) is 5.01. The van der Waals surface area contributed by atoms with Crippen molar-refractivity contribution in [3.05, 3.63) is 22.1 Å². The van der Waals surface area contributed by atoms with Crippen molar-refractivity contribution < 1.29 is 0 Å². The van der Waals surface area contributed by atoms with Crippen molar-refractivity contribution in [2.24, 2.45) is 5.92 Å². The lowest BCUT2D eigenvalue weighted by molar-refractivity contribution is 0.745. The summed E-state index contributed by atoms with van der Waals surface area (Å²) in [5.74, 6) is 1.59. The van der Waals surface area contributed by atoms with E-state index < -0.39 is 0 Å². The van der Waals surface area contributed by atoms with Gasteiger partial charge in [-0.05, 0) is 12.3 Å². The molecule has 0 radical (unpaired) electrons. The summed E-state index contributed by atoms with van der Waals surface area (Å²) in [5.41, 5.74) is 0.854. The Labute approximate surface area is 94.7 Å². The monoisotopic (exact) mass is 226 g/mol. The zero-order valence-electron chi connectivity index (χ0n) is 9.54. The molecule has 3 nitrogen and oxygen atoms in total. The SMILES string of the molecule is CCCc1cc(=O)[nH]c(SCC(C)C)n1. The molecule has 84 valence electrons. The lowest BCUT2D eigenvalue weighted by Crippen LogP contribution is -2.10. The van der Waals surface area contributed by atoms with Gasteiger partial charge in [-0.2, -0.15) is 0 Å². The predicted molar refractivity (Wildman–Crippen MR) is 64.4 cm³/mol. The average molecular weight is 226 g/mol. The van der Waals surface area contributed by atoms with Gasteiger partial charge >= 0.3 is 0 Å². The van der Waals surface area contributed by atoms with E-state index in [2.05, 4.69) is 30.7 Å². The summed E-state index contributed by atoms with van der Waals surface area (Å²) >= 11 is 1.62. The summed E-state index contributed by atoms with van der Waals surface area (Å²) in [6.07, 6.45) is 1.89. The Kier molecular flexibility index (Phi) is 4.88. The van der Waals surface area contributed by atoms with Gasteiger partial charge in [0.2, 0.25) is 0 Å². The van der Waals surface area contributed by atoms with Gasteiger partial charge in [-0.25, -0.2) is 4.98 Å². The van der Waals surface area contributed by atoms with Gasteiger partial charge in [0.05, 0.1) is 0 Å². The van der Waals surface area contributed by atoms with Gasteiger partial charge in [0, 0.05) is 17.5 Å². The summed E-state index contributed by atoms with van der Waals surface area (Å²) in [6.45, 7) is 6.39. The molecule has 0 aliphatic rings. The number of rotatable bonds is 5. The largest absolute Gasteiger partial charge is 0.301 e. The van der Waals surface area contributed by atoms with E-state index in [1.165, 1.54) is 0 Å². The molecule has 1 heterocycles. The third-order valence-corrected chi connectivity index (χ3v) is 3.13. The predicted octanol–water partition coefficient (Wildman–Crippen LogP) is 2.47. The Morgan fingerprint density at radius 1 is 1.53 bits per heavy atom. The van der Waals surface area contributed by atoms with E-state index in [1.807, 2.05) is 0 Å². The molecule has 0 unspecified atom stereocenters. The van der Waals surface area contributed by atoms with Crippen molar-refractivity contribution in [1.82, 2.24) is 9.97 Å². The van der Waals surface area contributed by atoms with Crippen LogP contribution in [-0.2, 0) is 6.42 Å². The number of nitrogens with one attached hydrogen (secondary N) is 1. The van der Waals surface area contributed by atoms with Gasteiger partial charge in [0.15, 0.2) is 5.16 Å². The maximum atomic E-state index is 11.3. The maximum absolute atomic E-state index is 11.3. The molecule has 1 aromatic rings. The van der Waals surface area contributed by atoms with Crippen LogP contribution in [0.1, 0.15) is 32.9 Å². The summed E-state index contributed by atoms with van der Waals surface area (Å²) in [6, 6.07) is 1.59. The number of hydrogen-bond acceptors (Lipinski definition) is 3. The van der Waals surface area contributed by atoms with E-state index in [9.17, 15) is 4.79 Å². The number of aromatic amines is 1. The molecule has 0 aliphatic carbocycles. The zero-order valence-corrected chi connectivity index (χ0v) is 10.4. The molecule has 0 atom stereocenters. The number of nitrogens with zero attached hydrogens (tertiary/aromatic N) is 1. The van der Waals surface area contributed by atoms with E-state index in [1.54, 1.807) is 17.8 Å². The van der Waals surface area contributed by atoms with Crippen LogP contribution >= 0.6 is 11.8 Å². The van der Waals surface area contributed by atoms with Crippen molar-refractivity contribution in [3.63, 3.8) is 0 Å². The quantitative estimate of drug-likeness (QED) is 0.619. The topological polar surface area (TPSA) is 45.8 Å². The summed E-state index contributed by atoms with van der Waals surface area (Å²) in [5, 5.41) is 0.750. The van der Waals surface area contributed by atoms with Gasteiger partial charge in [-0.15, -0.1) is 0 Å². The minimum Gasteiger partial charge on any atom is -0.301 e. The third kappa shape index (κ3) is 4.51. The molecule has 4 heteroatoms. The molecular weight excluding hydrogens is 208 g/mol. The van der Waals surface area contributed by atoms with Crippen LogP contribution in [0.5, 0.6) is 0 Å². The Hall–Kier alpha value is -0.770. The molecule has 1 rings (SSSR count). The fourth-order valence-electron chi connectivity index (χ4n) is 1.18. The molecule has 0 fully saturated rings. The average Bonchev–Trinajstić information content (AvgIpc) is 2.14. The fraction of sp³-hybridized carbons (Fsp3) is 0.636. The van der Waals surface area contributed by atoms with E-state index in [0.717, 1.165) is 29.4 Å². The first-order chi connectivity index (χ1) is 7.11. The summed E-state index contributed by atoms with van der Waals surface area (Å²) in [4.78, 5) is 18.5. The first-order valence-electron chi connectivity index (χ1n) is 5.35. The van der Waals surface area contributed by atoms with E-state index in [4.69, 9.17) is 0 Å². The highest BCUT2D eigenvalue weighted by molar-refractivity contribution is 7.99. The minimum absolute atomic E-state index is 0.0419. The zero-order chi connectivity index (χ0) is 11.3. The second kappa shape index (κ2) is 5.95. The lowest BCUT2D eigenvalue weighted by Gasteiger charge is -2.04. The van der Waals surface area contributed by atoms with Gasteiger partial charge in [0.1, 0.15) is 0 Å². The lowest BCUT2D eigenvalue weighted by atomic mass is 10.2. The van der Waals surface area contributed by atoms with Crippen LogP contribution in [0.4, 0.5) is 0 Å². The molecule has 0 aliphatic heterocycles. The number of aryl methyl sites for hydroxylation is 1. The molecule has 0 amide bonds. The third-order valence-electron chi connectivity index (χ3n) is 1.83. The van der Waals surface area contributed by atoms with Gasteiger partial charge < -0.3 is 4.98 Å². The highest BCUT2D eigenvalue weighted by Gasteiger charge is 2.02. The molecule has 0 spiro atoms. The Morgan fingerprint density at radius 2 is 2.27 bits per heavy atom. The van der Waals surface area contributed by atoms with Crippen molar-refractivity contribution in [3.8, 4) is 0 Å². The first-order valence-corrected chi connectivity index (χ1v) is 6.33. The van der Waals surface area contributed by atoms with Crippen molar-refractivity contribution in [1.29, 1.82) is 0 Å². The van der Waals surface area contributed by atoms with Crippen molar-refractivity contribution in [2.45, 2.75) is 38.8 Å². The summed E-state index contributed by atoms with van der Waals surface area (Å²) in [7, 11) is 0. The fourth-order valence-corrected chi connectivity index (χ4v) is 2.03. The summed E-state index contributed by atoms with van der Waals surface area (Å²) < 4.78 is 0. The maximum Gasteiger partial charge on any atom is 0.251 e. The first kappa shape index (κ1) is 12.3. The Morgan fingerprint density at radius 3 is 2.87 bits per heavy atom. The van der Waals surface area contributed by atoms with Gasteiger partial charge in [-0.3, -0.25) is 4.79 Å².